The Hall–Kier alpha value is -1.80. The Morgan fingerprint density at radius 3 is 2.67 bits per heavy atom. The summed E-state index contributed by atoms with van der Waals surface area (Å²) in [5.74, 6) is -0.557. The Balaban J connectivity index is 2.09. The average molecular weight is 325 g/mol. The average Bonchev–Trinajstić information content (AvgIpc) is 2.48. The van der Waals surface area contributed by atoms with Crippen molar-refractivity contribution in [3.63, 3.8) is 0 Å². The van der Waals surface area contributed by atoms with E-state index in [0.29, 0.717) is 15.6 Å². The molecule has 0 amide bonds. The number of nitriles is 1. The van der Waals surface area contributed by atoms with Crippen molar-refractivity contribution in [1.82, 2.24) is 0 Å². The lowest BCUT2D eigenvalue weighted by Gasteiger charge is -2.15. The third kappa shape index (κ3) is 3.85. The molecule has 3 nitrogen and oxygen atoms in total. The highest BCUT2D eigenvalue weighted by Gasteiger charge is 2.13. The van der Waals surface area contributed by atoms with Crippen molar-refractivity contribution in [2.75, 3.05) is 11.9 Å². The summed E-state index contributed by atoms with van der Waals surface area (Å²) in [6.45, 7) is 0.0584. The second-order valence-corrected chi connectivity index (χ2v) is 5.21. The monoisotopic (exact) mass is 324 g/mol. The zero-order chi connectivity index (χ0) is 15.4. The maximum absolute atomic E-state index is 13.7. The number of aliphatic hydroxyl groups is 1. The van der Waals surface area contributed by atoms with Gasteiger partial charge in [-0.2, -0.15) is 5.26 Å². The van der Waals surface area contributed by atoms with E-state index in [1.807, 2.05) is 6.07 Å². The summed E-state index contributed by atoms with van der Waals surface area (Å²) in [4.78, 5) is 0. The number of rotatable bonds is 4. The van der Waals surface area contributed by atoms with E-state index in [-0.39, 0.29) is 17.8 Å². The van der Waals surface area contributed by atoms with Gasteiger partial charge in [-0.05, 0) is 36.4 Å². The largest absolute Gasteiger partial charge is 0.387 e. The first-order valence-corrected chi connectivity index (χ1v) is 6.83. The number of anilines is 1. The highest BCUT2D eigenvalue weighted by molar-refractivity contribution is 6.33. The van der Waals surface area contributed by atoms with Gasteiger partial charge in [0, 0.05) is 22.2 Å². The van der Waals surface area contributed by atoms with E-state index in [0.717, 1.165) is 6.07 Å². The number of aliphatic hydroxyl groups excluding tert-OH is 1. The molecular weight excluding hydrogens is 314 g/mol. The van der Waals surface area contributed by atoms with Crippen LogP contribution in [0.5, 0.6) is 0 Å². The summed E-state index contributed by atoms with van der Waals surface area (Å²) in [6, 6.07) is 10.7. The molecule has 0 saturated heterocycles. The standard InChI is InChI=1S/C15H11Cl2FN2O/c16-10-2-3-12(17)11(6-10)15(21)8-20-14-4-1-9(7-19)5-13(14)18/h1-6,15,20-21H,8H2. The summed E-state index contributed by atoms with van der Waals surface area (Å²) >= 11 is 11.8. The molecule has 6 heteroatoms. The molecule has 108 valence electrons. The van der Waals surface area contributed by atoms with Crippen LogP contribution in [0.2, 0.25) is 10.0 Å². The van der Waals surface area contributed by atoms with Gasteiger partial charge < -0.3 is 10.4 Å². The topological polar surface area (TPSA) is 56.0 Å². The minimum atomic E-state index is -0.939. The van der Waals surface area contributed by atoms with Gasteiger partial charge in [0.15, 0.2) is 0 Å². The van der Waals surface area contributed by atoms with Gasteiger partial charge >= 0.3 is 0 Å². The second kappa shape index (κ2) is 6.77. The number of halogens is 3. The zero-order valence-electron chi connectivity index (χ0n) is 10.8. The predicted molar refractivity (Wildman–Crippen MR) is 81.0 cm³/mol. The second-order valence-electron chi connectivity index (χ2n) is 4.37. The van der Waals surface area contributed by atoms with E-state index in [1.165, 1.54) is 12.1 Å². The predicted octanol–water partition coefficient (Wildman–Crippen LogP) is 4.15. The van der Waals surface area contributed by atoms with Gasteiger partial charge in [-0.25, -0.2) is 4.39 Å². The Morgan fingerprint density at radius 2 is 2.00 bits per heavy atom. The number of nitrogens with one attached hydrogen (secondary N) is 1. The highest BCUT2D eigenvalue weighted by atomic mass is 35.5. The summed E-state index contributed by atoms with van der Waals surface area (Å²) in [7, 11) is 0. The third-order valence-corrected chi connectivity index (χ3v) is 3.48. The number of nitrogens with zero attached hydrogens (tertiary/aromatic N) is 1. The fourth-order valence-corrected chi connectivity index (χ4v) is 2.24. The number of hydrogen-bond acceptors (Lipinski definition) is 3. The fourth-order valence-electron chi connectivity index (χ4n) is 1.81. The zero-order valence-corrected chi connectivity index (χ0v) is 12.3. The first-order valence-electron chi connectivity index (χ1n) is 6.08. The van der Waals surface area contributed by atoms with Crippen LogP contribution in [-0.2, 0) is 0 Å². The lowest BCUT2D eigenvalue weighted by molar-refractivity contribution is 0.191. The first-order chi connectivity index (χ1) is 10.0. The highest BCUT2D eigenvalue weighted by Crippen LogP contribution is 2.27. The molecule has 2 aromatic rings. The van der Waals surface area contributed by atoms with Crippen LogP contribution < -0.4 is 5.32 Å². The molecular formula is C15H11Cl2FN2O. The van der Waals surface area contributed by atoms with E-state index in [9.17, 15) is 9.50 Å². The summed E-state index contributed by atoms with van der Waals surface area (Å²) in [6.07, 6.45) is -0.939. The van der Waals surface area contributed by atoms with Crippen molar-refractivity contribution >= 4 is 28.9 Å². The van der Waals surface area contributed by atoms with Crippen LogP contribution in [0.25, 0.3) is 0 Å². The molecule has 0 heterocycles. The molecule has 0 aliphatic carbocycles. The molecule has 0 bridgehead atoms. The van der Waals surface area contributed by atoms with Crippen LogP contribution in [0.3, 0.4) is 0 Å². The lowest BCUT2D eigenvalue weighted by Crippen LogP contribution is -2.13. The molecule has 2 aromatic carbocycles. The maximum atomic E-state index is 13.7. The molecule has 1 unspecified atom stereocenters. The van der Waals surface area contributed by atoms with Crippen molar-refractivity contribution in [3.05, 3.63) is 63.4 Å². The van der Waals surface area contributed by atoms with Crippen molar-refractivity contribution in [2.45, 2.75) is 6.10 Å². The SMILES string of the molecule is N#Cc1ccc(NCC(O)c2cc(Cl)ccc2Cl)c(F)c1. The van der Waals surface area contributed by atoms with Crippen LogP contribution in [0, 0.1) is 17.1 Å². The van der Waals surface area contributed by atoms with E-state index in [2.05, 4.69) is 5.32 Å². The molecule has 0 aliphatic rings. The van der Waals surface area contributed by atoms with Crippen LogP contribution >= 0.6 is 23.2 Å². The molecule has 0 saturated carbocycles. The molecule has 2 rings (SSSR count). The number of hydrogen-bond donors (Lipinski definition) is 2. The van der Waals surface area contributed by atoms with Crippen molar-refractivity contribution in [2.24, 2.45) is 0 Å². The van der Waals surface area contributed by atoms with Crippen LogP contribution in [0.4, 0.5) is 10.1 Å². The van der Waals surface area contributed by atoms with Crippen LogP contribution in [0.15, 0.2) is 36.4 Å². The lowest BCUT2D eigenvalue weighted by atomic mass is 10.1. The Morgan fingerprint density at radius 1 is 1.24 bits per heavy atom. The quantitative estimate of drug-likeness (QED) is 0.888. The summed E-state index contributed by atoms with van der Waals surface area (Å²) in [5, 5.41) is 22.4. The van der Waals surface area contributed by atoms with Gasteiger partial charge in [0.25, 0.3) is 0 Å². The minimum Gasteiger partial charge on any atom is -0.387 e. The first kappa shape index (κ1) is 15.6. The Bertz CT molecular complexity index is 701. The normalized spacial score (nSPS) is 11.8. The molecule has 2 N–H and O–H groups in total. The Kier molecular flexibility index (Phi) is 5.03. The number of benzene rings is 2. The van der Waals surface area contributed by atoms with Gasteiger partial charge in [-0.15, -0.1) is 0 Å². The fraction of sp³-hybridized carbons (Fsp3) is 0.133. The van der Waals surface area contributed by atoms with Gasteiger partial charge in [0.1, 0.15) is 5.82 Å². The van der Waals surface area contributed by atoms with Gasteiger partial charge in [-0.1, -0.05) is 23.2 Å². The smallest absolute Gasteiger partial charge is 0.147 e. The third-order valence-electron chi connectivity index (χ3n) is 2.90. The van der Waals surface area contributed by atoms with Crippen molar-refractivity contribution in [3.8, 4) is 6.07 Å². The van der Waals surface area contributed by atoms with Crippen molar-refractivity contribution < 1.29 is 9.50 Å². The maximum Gasteiger partial charge on any atom is 0.147 e. The molecule has 0 fully saturated rings. The van der Waals surface area contributed by atoms with E-state index in [1.54, 1.807) is 18.2 Å². The van der Waals surface area contributed by atoms with E-state index >= 15 is 0 Å². The summed E-state index contributed by atoms with van der Waals surface area (Å²) < 4.78 is 13.7. The van der Waals surface area contributed by atoms with Crippen LogP contribution in [-0.4, -0.2) is 11.7 Å². The Labute approximate surface area is 131 Å². The molecule has 0 aromatic heterocycles. The molecule has 21 heavy (non-hydrogen) atoms. The molecule has 1 atom stereocenters. The van der Waals surface area contributed by atoms with Gasteiger partial charge in [0.05, 0.1) is 23.4 Å². The minimum absolute atomic E-state index is 0.0584. The molecule has 0 radical (unpaired) electrons. The van der Waals surface area contributed by atoms with Crippen LogP contribution in [0.1, 0.15) is 17.2 Å². The summed E-state index contributed by atoms with van der Waals surface area (Å²) in [5.41, 5.74) is 0.897. The molecule has 0 spiro atoms. The van der Waals surface area contributed by atoms with E-state index in [4.69, 9.17) is 28.5 Å². The van der Waals surface area contributed by atoms with Gasteiger partial charge in [0.2, 0.25) is 0 Å². The van der Waals surface area contributed by atoms with Gasteiger partial charge in [-0.3, -0.25) is 0 Å². The molecule has 0 aliphatic heterocycles. The van der Waals surface area contributed by atoms with Crippen molar-refractivity contribution in [1.29, 1.82) is 5.26 Å². The van der Waals surface area contributed by atoms with E-state index < -0.39 is 11.9 Å².